The zero-order valence-electron chi connectivity index (χ0n) is 23.5. The maximum absolute atomic E-state index is 14.2. The minimum Gasteiger partial charge on any atom is -0.393 e. The lowest BCUT2D eigenvalue weighted by atomic mass is 9.59. The van der Waals surface area contributed by atoms with Crippen molar-refractivity contribution in [2.45, 2.75) is 127 Å². The van der Waals surface area contributed by atoms with Crippen molar-refractivity contribution in [1.82, 2.24) is 0 Å². The third-order valence-corrected chi connectivity index (χ3v) is 9.69. The molecule has 230 valence electrons. The van der Waals surface area contributed by atoms with Crippen molar-refractivity contribution in [3.05, 3.63) is 35.5 Å². The summed E-state index contributed by atoms with van der Waals surface area (Å²) in [5, 5.41) is 30.2. The molecule has 3 nitrogen and oxygen atoms in total. The molecule has 3 aliphatic carbocycles. The second-order valence-corrected chi connectivity index (χ2v) is 13.1. The van der Waals surface area contributed by atoms with Gasteiger partial charge in [0.2, 0.25) is 0 Å². The van der Waals surface area contributed by atoms with E-state index < -0.39 is 59.5 Å². The molecule has 0 spiro atoms. The number of hydrogen-bond donors (Lipinski definition) is 3. The maximum atomic E-state index is 14.2. The van der Waals surface area contributed by atoms with Crippen molar-refractivity contribution >= 4 is 0 Å². The van der Waals surface area contributed by atoms with E-state index in [1.807, 2.05) is 13.0 Å². The Labute approximate surface area is 232 Å². The van der Waals surface area contributed by atoms with Crippen LogP contribution in [0.5, 0.6) is 0 Å². The molecule has 0 saturated heterocycles. The highest BCUT2D eigenvalue weighted by Gasteiger charge is 2.71. The summed E-state index contributed by atoms with van der Waals surface area (Å²) in [7, 11) is 0. The van der Waals surface area contributed by atoms with Gasteiger partial charge in [0.1, 0.15) is 6.17 Å². The molecule has 2 unspecified atom stereocenters. The molecule has 0 heterocycles. The first kappa shape index (κ1) is 33.1. The van der Waals surface area contributed by atoms with Crippen molar-refractivity contribution in [2.75, 3.05) is 0 Å². The molecule has 6 atom stereocenters. The van der Waals surface area contributed by atoms with Gasteiger partial charge < -0.3 is 15.3 Å². The SMILES string of the molecule is C=C1/C(=C\C=C2/CCC[C@@]3(C)C2CC[C@@H]3C(CCCC(C)(C)O)CC(O)(C(F)(F)F)C(F)(F)F)C[C@@H](O)C[C@@H]1F. The highest BCUT2D eigenvalue weighted by Crippen LogP contribution is 2.62. The van der Waals surface area contributed by atoms with E-state index in [0.717, 1.165) is 5.57 Å². The van der Waals surface area contributed by atoms with Gasteiger partial charge >= 0.3 is 12.4 Å². The zero-order valence-corrected chi connectivity index (χ0v) is 23.5. The van der Waals surface area contributed by atoms with Crippen molar-refractivity contribution in [2.24, 2.45) is 23.2 Å². The molecular weight excluding hydrogens is 541 g/mol. The smallest absolute Gasteiger partial charge is 0.393 e. The van der Waals surface area contributed by atoms with E-state index in [2.05, 4.69) is 6.58 Å². The van der Waals surface area contributed by atoms with E-state index in [0.29, 0.717) is 43.3 Å². The molecule has 3 N–H and O–H groups in total. The second kappa shape index (κ2) is 11.7. The summed E-state index contributed by atoms with van der Waals surface area (Å²) in [6.07, 6.45) is -8.02. The summed E-state index contributed by atoms with van der Waals surface area (Å²) >= 11 is 0. The fourth-order valence-electron chi connectivity index (χ4n) is 7.50. The van der Waals surface area contributed by atoms with E-state index >= 15 is 0 Å². The zero-order chi connectivity index (χ0) is 30.3. The Morgan fingerprint density at radius 1 is 1.05 bits per heavy atom. The number of halogens is 7. The lowest BCUT2D eigenvalue weighted by Crippen LogP contribution is -2.58. The van der Waals surface area contributed by atoms with E-state index in [4.69, 9.17) is 0 Å². The average molecular weight is 585 g/mol. The first-order valence-electron chi connectivity index (χ1n) is 14.2. The Morgan fingerprint density at radius 2 is 1.68 bits per heavy atom. The maximum Gasteiger partial charge on any atom is 0.426 e. The highest BCUT2D eigenvalue weighted by atomic mass is 19.4. The molecule has 3 fully saturated rings. The van der Waals surface area contributed by atoms with Gasteiger partial charge in [-0.15, -0.1) is 0 Å². The number of aliphatic hydroxyl groups excluding tert-OH is 1. The van der Waals surface area contributed by atoms with Gasteiger partial charge in [-0.3, -0.25) is 0 Å². The van der Waals surface area contributed by atoms with Gasteiger partial charge in [0.15, 0.2) is 0 Å². The summed E-state index contributed by atoms with van der Waals surface area (Å²) in [6.45, 7) is 8.80. The van der Waals surface area contributed by atoms with Crippen LogP contribution in [0.1, 0.15) is 91.4 Å². The van der Waals surface area contributed by atoms with Crippen molar-refractivity contribution in [3.63, 3.8) is 0 Å². The van der Waals surface area contributed by atoms with E-state index in [1.165, 1.54) is 13.8 Å². The predicted molar refractivity (Wildman–Crippen MR) is 139 cm³/mol. The van der Waals surface area contributed by atoms with Crippen LogP contribution in [-0.2, 0) is 0 Å². The number of hydrogen-bond acceptors (Lipinski definition) is 3. The van der Waals surface area contributed by atoms with Crippen LogP contribution in [0.2, 0.25) is 0 Å². The third-order valence-electron chi connectivity index (χ3n) is 9.69. The Morgan fingerprint density at radius 3 is 2.25 bits per heavy atom. The third kappa shape index (κ3) is 6.97. The normalized spacial score (nSPS) is 33.5. The van der Waals surface area contributed by atoms with Crippen LogP contribution in [0, 0.1) is 23.2 Å². The molecule has 0 aromatic heterocycles. The molecule has 40 heavy (non-hydrogen) atoms. The van der Waals surface area contributed by atoms with Gasteiger partial charge in [-0.25, -0.2) is 4.39 Å². The molecule has 0 radical (unpaired) electrons. The first-order chi connectivity index (χ1) is 18.2. The summed E-state index contributed by atoms with van der Waals surface area (Å²) in [6, 6.07) is 0. The monoisotopic (exact) mass is 584 g/mol. The number of fused-ring (bicyclic) bond motifs is 1. The standard InChI is InChI=1S/C30H43F7O3/c1-18-20(15-22(38)16-25(18)31)10-9-19-7-6-14-27(4)23(19)11-12-24(27)21(8-5-13-26(2,3)39)17-28(40,29(32,33)34)30(35,36)37/h9-10,21-25,38-40H,1,5-8,11-17H2,2-4H3/b19-9+,20-10-/t21?,22-,23?,24-,25+,27+/m1/s1. The van der Waals surface area contributed by atoms with Crippen LogP contribution in [0.4, 0.5) is 30.7 Å². The number of allylic oxidation sites excluding steroid dienone is 4. The van der Waals surface area contributed by atoms with Crippen molar-refractivity contribution in [3.8, 4) is 0 Å². The van der Waals surface area contributed by atoms with Crippen LogP contribution in [0.15, 0.2) is 35.5 Å². The topological polar surface area (TPSA) is 60.7 Å². The van der Waals surface area contributed by atoms with Crippen molar-refractivity contribution < 1.29 is 46.1 Å². The molecule has 0 aromatic carbocycles. The second-order valence-electron chi connectivity index (χ2n) is 13.1. The largest absolute Gasteiger partial charge is 0.426 e. The summed E-state index contributed by atoms with van der Waals surface area (Å²) in [5.41, 5.74) is -4.59. The van der Waals surface area contributed by atoms with Gasteiger partial charge in [0.05, 0.1) is 11.7 Å². The Kier molecular flexibility index (Phi) is 9.69. The van der Waals surface area contributed by atoms with Gasteiger partial charge in [-0.1, -0.05) is 37.6 Å². The average Bonchev–Trinajstić information content (AvgIpc) is 3.14. The summed E-state index contributed by atoms with van der Waals surface area (Å²) in [5.74, 6) is -1.63. The lowest BCUT2D eigenvalue weighted by Gasteiger charge is -2.46. The fourth-order valence-corrected chi connectivity index (χ4v) is 7.50. The molecule has 10 heteroatoms. The van der Waals surface area contributed by atoms with Crippen LogP contribution in [0.3, 0.4) is 0 Å². The summed E-state index contributed by atoms with van der Waals surface area (Å²) in [4.78, 5) is 0. The van der Waals surface area contributed by atoms with Crippen LogP contribution in [0.25, 0.3) is 0 Å². The molecular formula is C30H43F7O3. The fraction of sp³-hybridized carbons (Fsp3) is 0.800. The predicted octanol–water partition coefficient (Wildman–Crippen LogP) is 7.91. The van der Waals surface area contributed by atoms with Gasteiger partial charge in [0, 0.05) is 6.42 Å². The van der Waals surface area contributed by atoms with E-state index in [9.17, 15) is 46.1 Å². The Bertz CT molecular complexity index is 961. The van der Waals surface area contributed by atoms with E-state index in [1.54, 1.807) is 6.08 Å². The van der Waals surface area contributed by atoms with E-state index in [-0.39, 0.29) is 38.0 Å². The molecule has 3 rings (SSSR count). The molecule has 3 saturated carbocycles. The number of rotatable bonds is 8. The number of aliphatic hydroxyl groups is 3. The molecule has 3 aliphatic rings. The highest BCUT2D eigenvalue weighted by molar-refractivity contribution is 5.38. The molecule has 0 aliphatic heterocycles. The quantitative estimate of drug-likeness (QED) is 0.254. The van der Waals surface area contributed by atoms with Gasteiger partial charge in [-0.2, -0.15) is 26.3 Å². The van der Waals surface area contributed by atoms with Crippen LogP contribution < -0.4 is 0 Å². The van der Waals surface area contributed by atoms with Gasteiger partial charge in [0.25, 0.3) is 5.60 Å². The molecule has 0 bridgehead atoms. The minimum absolute atomic E-state index is 0.00777. The molecule has 0 aromatic rings. The lowest BCUT2D eigenvalue weighted by molar-refractivity contribution is -0.374. The van der Waals surface area contributed by atoms with Crippen LogP contribution in [-0.4, -0.2) is 51.1 Å². The minimum atomic E-state index is -5.89. The van der Waals surface area contributed by atoms with Crippen molar-refractivity contribution in [1.29, 1.82) is 0 Å². The Hall–Kier alpha value is -1.39. The summed E-state index contributed by atoms with van der Waals surface area (Å²) < 4.78 is 96.6. The molecule has 0 amide bonds. The van der Waals surface area contributed by atoms with Gasteiger partial charge in [-0.05, 0) is 106 Å². The Balaban J connectivity index is 1.93. The number of alkyl halides is 7. The van der Waals surface area contributed by atoms with Crippen LogP contribution >= 0.6 is 0 Å². The first-order valence-corrected chi connectivity index (χ1v) is 14.2.